The highest BCUT2D eigenvalue weighted by Gasteiger charge is 2.04. The Labute approximate surface area is 103 Å². The maximum absolute atomic E-state index is 11.2. The lowest BCUT2D eigenvalue weighted by Gasteiger charge is -2.06. The maximum Gasteiger partial charge on any atom is 0.285 e. The van der Waals surface area contributed by atoms with Crippen molar-refractivity contribution >= 4 is 17.3 Å². The molecule has 2 aromatic heterocycles. The van der Waals surface area contributed by atoms with Crippen LogP contribution in [-0.4, -0.2) is 26.3 Å². The van der Waals surface area contributed by atoms with Crippen LogP contribution in [0, 0.1) is 0 Å². The van der Waals surface area contributed by atoms with E-state index in [1.165, 1.54) is 6.20 Å². The number of anilines is 1. The minimum absolute atomic E-state index is 0.125. The third-order valence-corrected chi connectivity index (χ3v) is 2.76. The number of hydrogen-bond donors (Lipinski definition) is 2. The summed E-state index contributed by atoms with van der Waals surface area (Å²) in [4.78, 5) is 15.4. The lowest BCUT2D eigenvalue weighted by Crippen LogP contribution is -2.14. The molecule has 2 heterocycles. The molecular formula is C10H12ClN5O. The van der Waals surface area contributed by atoms with Crippen LogP contribution in [0.4, 0.5) is 5.69 Å². The molecule has 7 heteroatoms. The molecule has 0 aliphatic carbocycles. The van der Waals surface area contributed by atoms with Crippen molar-refractivity contribution in [1.82, 2.24) is 19.7 Å². The number of nitrogens with zero attached hydrogens (tertiary/aromatic N) is 3. The van der Waals surface area contributed by atoms with E-state index in [-0.39, 0.29) is 5.02 Å². The molecule has 17 heavy (non-hydrogen) atoms. The summed E-state index contributed by atoms with van der Waals surface area (Å²) >= 11 is 5.82. The fraction of sp³-hybridized carbons (Fsp3) is 0.300. The molecule has 0 aromatic carbocycles. The standard InChI is InChI=1S/C10H12ClN5O/c1-16-5-4-13-8(16)2-3-12-7-6-14-15-10(17)9(7)11/h4-6H,2-3H2,1H3,(H2,12,15,17). The van der Waals surface area contributed by atoms with Crippen molar-refractivity contribution < 1.29 is 0 Å². The highest BCUT2D eigenvalue weighted by Crippen LogP contribution is 2.13. The Balaban J connectivity index is 1.97. The van der Waals surface area contributed by atoms with Gasteiger partial charge in [0.25, 0.3) is 5.56 Å². The number of aromatic nitrogens is 4. The van der Waals surface area contributed by atoms with Crippen LogP contribution in [-0.2, 0) is 13.5 Å². The molecule has 2 aromatic rings. The van der Waals surface area contributed by atoms with Crippen molar-refractivity contribution in [3.05, 3.63) is 39.8 Å². The Bertz CT molecular complexity index is 562. The molecule has 0 saturated carbocycles. The van der Waals surface area contributed by atoms with E-state index < -0.39 is 5.56 Å². The van der Waals surface area contributed by atoms with E-state index in [2.05, 4.69) is 20.5 Å². The Kier molecular flexibility index (Phi) is 3.43. The molecule has 0 atom stereocenters. The van der Waals surface area contributed by atoms with Crippen LogP contribution in [0.25, 0.3) is 0 Å². The number of halogens is 1. The van der Waals surface area contributed by atoms with Crippen LogP contribution in [0.5, 0.6) is 0 Å². The zero-order valence-electron chi connectivity index (χ0n) is 9.27. The first-order valence-corrected chi connectivity index (χ1v) is 5.49. The molecule has 0 aliphatic heterocycles. The summed E-state index contributed by atoms with van der Waals surface area (Å²) in [6, 6.07) is 0. The van der Waals surface area contributed by atoms with Crippen molar-refractivity contribution in [2.75, 3.05) is 11.9 Å². The molecule has 2 N–H and O–H groups in total. The number of aryl methyl sites for hydroxylation is 1. The van der Waals surface area contributed by atoms with Gasteiger partial charge in [-0.05, 0) is 0 Å². The minimum Gasteiger partial charge on any atom is -0.382 e. The minimum atomic E-state index is -0.395. The smallest absolute Gasteiger partial charge is 0.285 e. The number of hydrogen-bond acceptors (Lipinski definition) is 4. The third-order valence-electron chi connectivity index (χ3n) is 2.38. The molecule has 0 fully saturated rings. The van der Waals surface area contributed by atoms with E-state index in [0.717, 1.165) is 12.2 Å². The molecule has 0 saturated heterocycles. The molecule has 0 amide bonds. The average Bonchev–Trinajstić information content (AvgIpc) is 2.71. The van der Waals surface area contributed by atoms with Gasteiger partial charge in [0.05, 0.1) is 11.9 Å². The van der Waals surface area contributed by atoms with Gasteiger partial charge in [0, 0.05) is 32.4 Å². The predicted molar refractivity (Wildman–Crippen MR) is 65.3 cm³/mol. The first kappa shape index (κ1) is 11.7. The third kappa shape index (κ3) is 2.65. The van der Waals surface area contributed by atoms with Crippen molar-refractivity contribution in [3.8, 4) is 0 Å². The van der Waals surface area contributed by atoms with Gasteiger partial charge in [0.1, 0.15) is 10.8 Å². The van der Waals surface area contributed by atoms with Gasteiger partial charge in [-0.1, -0.05) is 11.6 Å². The zero-order valence-corrected chi connectivity index (χ0v) is 10.0. The van der Waals surface area contributed by atoms with Crippen LogP contribution in [0.2, 0.25) is 5.02 Å². The normalized spacial score (nSPS) is 10.5. The molecule has 0 aliphatic rings. The van der Waals surface area contributed by atoms with Gasteiger partial charge in [0.15, 0.2) is 0 Å². The zero-order chi connectivity index (χ0) is 12.3. The number of nitrogens with one attached hydrogen (secondary N) is 2. The lowest BCUT2D eigenvalue weighted by atomic mass is 10.3. The van der Waals surface area contributed by atoms with Crippen molar-refractivity contribution in [2.24, 2.45) is 7.05 Å². The van der Waals surface area contributed by atoms with Gasteiger partial charge in [0.2, 0.25) is 0 Å². The number of H-pyrrole nitrogens is 1. The SMILES string of the molecule is Cn1ccnc1CCNc1cn[nH]c(=O)c1Cl. The second kappa shape index (κ2) is 5.01. The summed E-state index contributed by atoms with van der Waals surface area (Å²) in [7, 11) is 1.93. The summed E-state index contributed by atoms with van der Waals surface area (Å²) in [6.07, 6.45) is 5.86. The molecular weight excluding hydrogens is 242 g/mol. The van der Waals surface area contributed by atoms with Crippen LogP contribution < -0.4 is 10.9 Å². The molecule has 90 valence electrons. The number of aromatic amines is 1. The monoisotopic (exact) mass is 253 g/mol. The summed E-state index contributed by atoms with van der Waals surface area (Å²) in [5.41, 5.74) is 0.137. The number of rotatable bonds is 4. The first-order valence-electron chi connectivity index (χ1n) is 5.11. The fourth-order valence-corrected chi connectivity index (χ4v) is 1.61. The van der Waals surface area contributed by atoms with Crippen molar-refractivity contribution in [1.29, 1.82) is 0 Å². The molecule has 0 unspecified atom stereocenters. The lowest BCUT2D eigenvalue weighted by molar-refractivity contribution is 0.789. The Morgan fingerprint density at radius 3 is 3.12 bits per heavy atom. The van der Waals surface area contributed by atoms with E-state index in [1.54, 1.807) is 6.20 Å². The van der Waals surface area contributed by atoms with Crippen molar-refractivity contribution in [3.63, 3.8) is 0 Å². The van der Waals surface area contributed by atoms with E-state index in [0.29, 0.717) is 12.2 Å². The van der Waals surface area contributed by atoms with E-state index in [9.17, 15) is 4.79 Å². The highest BCUT2D eigenvalue weighted by atomic mass is 35.5. The van der Waals surface area contributed by atoms with Gasteiger partial charge in [-0.15, -0.1) is 0 Å². The van der Waals surface area contributed by atoms with Crippen molar-refractivity contribution in [2.45, 2.75) is 6.42 Å². The van der Waals surface area contributed by atoms with E-state index in [4.69, 9.17) is 11.6 Å². The molecule has 2 rings (SSSR count). The predicted octanol–water partition coefficient (Wildman–Crippen LogP) is 0.811. The maximum atomic E-state index is 11.2. The van der Waals surface area contributed by atoms with Gasteiger partial charge >= 0.3 is 0 Å². The summed E-state index contributed by atoms with van der Waals surface area (Å²) in [6.45, 7) is 0.635. The number of imidazole rings is 1. The van der Waals surface area contributed by atoms with Gasteiger partial charge < -0.3 is 9.88 Å². The van der Waals surface area contributed by atoms with Gasteiger partial charge in [-0.2, -0.15) is 5.10 Å². The Morgan fingerprint density at radius 1 is 1.59 bits per heavy atom. The second-order valence-electron chi connectivity index (χ2n) is 3.56. The van der Waals surface area contributed by atoms with Gasteiger partial charge in [-0.3, -0.25) is 4.79 Å². The Hall–Kier alpha value is -1.82. The van der Waals surface area contributed by atoms with Gasteiger partial charge in [-0.25, -0.2) is 10.1 Å². The molecule has 6 nitrogen and oxygen atoms in total. The van der Waals surface area contributed by atoms with Crippen LogP contribution in [0.15, 0.2) is 23.4 Å². The fourth-order valence-electron chi connectivity index (χ4n) is 1.45. The summed E-state index contributed by atoms with van der Waals surface area (Å²) < 4.78 is 1.94. The van der Waals surface area contributed by atoms with Crippen LogP contribution >= 0.6 is 11.6 Å². The first-order chi connectivity index (χ1) is 8.18. The summed E-state index contributed by atoms with van der Waals surface area (Å²) in [5, 5.41) is 9.11. The Morgan fingerprint density at radius 2 is 2.41 bits per heavy atom. The van der Waals surface area contributed by atoms with E-state index in [1.807, 2.05) is 17.8 Å². The summed E-state index contributed by atoms with van der Waals surface area (Å²) in [5.74, 6) is 0.964. The largest absolute Gasteiger partial charge is 0.382 e. The van der Waals surface area contributed by atoms with Crippen LogP contribution in [0.1, 0.15) is 5.82 Å². The average molecular weight is 254 g/mol. The molecule has 0 radical (unpaired) electrons. The topological polar surface area (TPSA) is 75.6 Å². The van der Waals surface area contributed by atoms with E-state index >= 15 is 0 Å². The second-order valence-corrected chi connectivity index (χ2v) is 3.94. The molecule has 0 bridgehead atoms. The van der Waals surface area contributed by atoms with Crippen LogP contribution in [0.3, 0.4) is 0 Å². The highest BCUT2D eigenvalue weighted by molar-refractivity contribution is 6.32. The quantitative estimate of drug-likeness (QED) is 0.846. The molecule has 0 spiro atoms.